The lowest BCUT2D eigenvalue weighted by Crippen LogP contribution is -2.25. The molecule has 1 N–H and O–H groups in total. The standard InChI is InChI=1S/C25H21FN4O/c1-17-7-8-18(2)30(17)28-25(31)20(14-27)13-21-16-29(24-6-4-3-5-23(21)24)15-19-9-11-22(26)12-10-19/h3-13,16H,15H2,1-2H3,(H,28,31)/b20-13+. The van der Waals surface area contributed by atoms with Crippen molar-refractivity contribution in [2.45, 2.75) is 20.4 Å². The van der Waals surface area contributed by atoms with E-state index in [-0.39, 0.29) is 11.4 Å². The van der Waals surface area contributed by atoms with Crippen LogP contribution in [0.15, 0.2) is 72.4 Å². The molecule has 154 valence electrons. The van der Waals surface area contributed by atoms with Gasteiger partial charge in [0, 0.05) is 40.6 Å². The van der Waals surface area contributed by atoms with E-state index >= 15 is 0 Å². The van der Waals surface area contributed by atoms with Gasteiger partial charge in [0.2, 0.25) is 0 Å². The number of carbonyl (C=O) groups excluding carboxylic acids is 1. The first-order valence-corrected chi connectivity index (χ1v) is 9.86. The molecule has 0 atom stereocenters. The van der Waals surface area contributed by atoms with Crippen molar-refractivity contribution in [1.82, 2.24) is 9.24 Å². The number of hydrogen-bond donors (Lipinski definition) is 1. The predicted molar refractivity (Wildman–Crippen MR) is 119 cm³/mol. The van der Waals surface area contributed by atoms with Crippen LogP contribution in [0.1, 0.15) is 22.5 Å². The molecule has 5 nitrogen and oxygen atoms in total. The summed E-state index contributed by atoms with van der Waals surface area (Å²) in [5, 5.41) is 10.6. The van der Waals surface area contributed by atoms with Crippen LogP contribution in [0.2, 0.25) is 0 Å². The first kappa shape index (κ1) is 20.2. The van der Waals surface area contributed by atoms with Gasteiger partial charge in [0.05, 0.1) is 0 Å². The van der Waals surface area contributed by atoms with E-state index < -0.39 is 5.91 Å². The van der Waals surface area contributed by atoms with Crippen LogP contribution >= 0.6 is 0 Å². The fourth-order valence-electron chi connectivity index (χ4n) is 3.62. The van der Waals surface area contributed by atoms with Crippen LogP contribution in [-0.2, 0) is 11.3 Å². The zero-order chi connectivity index (χ0) is 22.0. The largest absolute Gasteiger partial charge is 0.342 e. The van der Waals surface area contributed by atoms with Gasteiger partial charge in [0.1, 0.15) is 17.5 Å². The van der Waals surface area contributed by atoms with Gasteiger partial charge >= 0.3 is 0 Å². The van der Waals surface area contributed by atoms with Crippen LogP contribution in [0.5, 0.6) is 0 Å². The maximum absolute atomic E-state index is 13.2. The summed E-state index contributed by atoms with van der Waals surface area (Å²) >= 11 is 0. The Morgan fingerprint density at radius 1 is 1.06 bits per heavy atom. The molecule has 2 aromatic carbocycles. The highest BCUT2D eigenvalue weighted by molar-refractivity contribution is 6.08. The van der Waals surface area contributed by atoms with Gasteiger partial charge in [-0.2, -0.15) is 5.26 Å². The predicted octanol–water partition coefficient (Wildman–Crippen LogP) is 4.92. The second-order valence-corrected chi connectivity index (χ2v) is 7.42. The molecule has 0 fully saturated rings. The van der Waals surface area contributed by atoms with Gasteiger partial charge in [-0.1, -0.05) is 30.3 Å². The second kappa shape index (κ2) is 8.33. The second-order valence-electron chi connectivity index (χ2n) is 7.42. The van der Waals surface area contributed by atoms with Gasteiger partial charge in [-0.15, -0.1) is 0 Å². The van der Waals surface area contributed by atoms with E-state index in [0.717, 1.165) is 33.4 Å². The zero-order valence-corrected chi connectivity index (χ0v) is 17.3. The van der Waals surface area contributed by atoms with Crippen molar-refractivity contribution in [2.24, 2.45) is 0 Å². The average Bonchev–Trinajstić information content (AvgIpc) is 3.28. The van der Waals surface area contributed by atoms with E-state index in [1.165, 1.54) is 12.1 Å². The van der Waals surface area contributed by atoms with E-state index in [2.05, 4.69) is 5.43 Å². The third-order valence-corrected chi connectivity index (χ3v) is 5.23. The lowest BCUT2D eigenvalue weighted by Gasteiger charge is -2.10. The molecule has 6 heteroatoms. The summed E-state index contributed by atoms with van der Waals surface area (Å²) in [6, 6.07) is 20.0. The van der Waals surface area contributed by atoms with Crippen LogP contribution < -0.4 is 5.43 Å². The van der Waals surface area contributed by atoms with Gasteiger partial charge in [-0.05, 0) is 55.8 Å². The highest BCUT2D eigenvalue weighted by Gasteiger charge is 2.14. The summed E-state index contributed by atoms with van der Waals surface area (Å²) in [7, 11) is 0. The number of aryl methyl sites for hydroxylation is 2. The molecule has 0 unspecified atom stereocenters. The monoisotopic (exact) mass is 412 g/mol. The van der Waals surface area contributed by atoms with Crippen LogP contribution in [0.25, 0.3) is 17.0 Å². The molecule has 4 aromatic rings. The van der Waals surface area contributed by atoms with Crippen molar-refractivity contribution in [3.8, 4) is 6.07 Å². The Kier molecular flexibility index (Phi) is 5.42. The highest BCUT2D eigenvalue weighted by atomic mass is 19.1. The van der Waals surface area contributed by atoms with E-state index in [1.807, 2.05) is 67.1 Å². The van der Waals surface area contributed by atoms with E-state index in [4.69, 9.17) is 0 Å². The molecule has 2 heterocycles. The molecule has 0 saturated heterocycles. The minimum Gasteiger partial charge on any atom is -0.342 e. The first-order valence-electron chi connectivity index (χ1n) is 9.86. The maximum Gasteiger partial charge on any atom is 0.280 e. The molecule has 4 rings (SSSR count). The molecular formula is C25H21FN4O. The number of carbonyl (C=O) groups is 1. The minimum atomic E-state index is -0.472. The minimum absolute atomic E-state index is 0.0113. The van der Waals surface area contributed by atoms with Gasteiger partial charge in [0.25, 0.3) is 5.91 Å². The number of rotatable bonds is 5. The lowest BCUT2D eigenvalue weighted by molar-refractivity contribution is -0.113. The molecule has 0 aliphatic carbocycles. The van der Waals surface area contributed by atoms with Crippen molar-refractivity contribution >= 4 is 22.9 Å². The molecule has 2 aromatic heterocycles. The number of halogens is 1. The van der Waals surface area contributed by atoms with E-state index in [9.17, 15) is 14.4 Å². The Bertz CT molecular complexity index is 1320. The summed E-state index contributed by atoms with van der Waals surface area (Å²) in [6.45, 7) is 4.31. The quantitative estimate of drug-likeness (QED) is 0.373. The van der Waals surface area contributed by atoms with Crippen molar-refractivity contribution in [2.75, 3.05) is 5.43 Å². The summed E-state index contributed by atoms with van der Waals surface area (Å²) < 4.78 is 16.9. The molecule has 0 bridgehead atoms. The molecule has 31 heavy (non-hydrogen) atoms. The van der Waals surface area contributed by atoms with Crippen LogP contribution in [0.3, 0.4) is 0 Å². The smallest absolute Gasteiger partial charge is 0.280 e. The Labute approximate surface area is 179 Å². The Morgan fingerprint density at radius 3 is 2.42 bits per heavy atom. The highest BCUT2D eigenvalue weighted by Crippen LogP contribution is 2.25. The summed E-state index contributed by atoms with van der Waals surface area (Å²) in [6.07, 6.45) is 3.51. The van der Waals surface area contributed by atoms with Crippen LogP contribution in [-0.4, -0.2) is 15.2 Å². The van der Waals surface area contributed by atoms with Gasteiger partial charge in [0.15, 0.2) is 0 Å². The lowest BCUT2D eigenvalue weighted by atomic mass is 10.1. The van der Waals surface area contributed by atoms with Crippen LogP contribution in [0.4, 0.5) is 4.39 Å². The molecule has 0 saturated carbocycles. The summed E-state index contributed by atoms with van der Waals surface area (Å²) in [5.41, 5.74) is 7.22. The van der Waals surface area contributed by atoms with Crippen molar-refractivity contribution in [3.05, 3.63) is 101 Å². The van der Waals surface area contributed by atoms with Gasteiger partial charge < -0.3 is 4.57 Å². The fraction of sp³-hybridized carbons (Fsp3) is 0.120. The zero-order valence-electron chi connectivity index (χ0n) is 17.3. The van der Waals surface area contributed by atoms with Gasteiger partial charge in [-0.25, -0.2) is 4.39 Å². The Hall–Kier alpha value is -4.11. The first-order chi connectivity index (χ1) is 15.0. The van der Waals surface area contributed by atoms with Crippen molar-refractivity contribution in [1.29, 1.82) is 5.26 Å². The molecule has 1 amide bonds. The SMILES string of the molecule is Cc1ccc(C)n1NC(=O)/C(C#N)=C/c1cn(Cc2ccc(F)cc2)c2ccccc12. The number of nitrogens with one attached hydrogen (secondary N) is 1. The topological polar surface area (TPSA) is 62.8 Å². The number of aromatic nitrogens is 2. The normalized spacial score (nSPS) is 11.5. The average molecular weight is 412 g/mol. The maximum atomic E-state index is 13.2. The van der Waals surface area contributed by atoms with Crippen LogP contribution in [0, 0.1) is 31.0 Å². The van der Waals surface area contributed by atoms with Crippen molar-refractivity contribution < 1.29 is 9.18 Å². The van der Waals surface area contributed by atoms with Crippen molar-refractivity contribution in [3.63, 3.8) is 0 Å². The number of amides is 1. The van der Waals surface area contributed by atoms with Gasteiger partial charge in [-0.3, -0.25) is 14.9 Å². The molecule has 0 aliphatic heterocycles. The number of hydrogen-bond acceptors (Lipinski definition) is 2. The third-order valence-electron chi connectivity index (χ3n) is 5.23. The molecule has 0 aliphatic rings. The fourth-order valence-corrected chi connectivity index (χ4v) is 3.62. The summed E-state index contributed by atoms with van der Waals surface area (Å²) in [5.74, 6) is -0.747. The Balaban J connectivity index is 1.69. The number of para-hydroxylation sites is 1. The number of benzene rings is 2. The molecule has 0 radical (unpaired) electrons. The number of fused-ring (bicyclic) bond motifs is 1. The molecular weight excluding hydrogens is 391 g/mol. The Morgan fingerprint density at radius 2 is 1.74 bits per heavy atom. The molecule has 0 spiro atoms. The number of nitrogens with zero attached hydrogens (tertiary/aromatic N) is 3. The van der Waals surface area contributed by atoms with E-state index in [1.54, 1.807) is 22.9 Å². The summed E-state index contributed by atoms with van der Waals surface area (Å²) in [4.78, 5) is 12.8. The van der Waals surface area contributed by atoms with E-state index in [0.29, 0.717) is 6.54 Å². The number of nitriles is 1. The third kappa shape index (κ3) is 4.12.